The highest BCUT2D eigenvalue weighted by Gasteiger charge is 2.01. The molecule has 0 aromatic carbocycles. The SMILES string of the molecule is CCC(O)Cn1ncnn1. The number of hydrogen-bond donors (Lipinski definition) is 1. The molecule has 5 nitrogen and oxygen atoms in total. The molecule has 0 radical (unpaired) electrons. The van der Waals surface area contributed by atoms with Crippen LogP contribution in [-0.4, -0.2) is 31.4 Å². The van der Waals surface area contributed by atoms with E-state index in [4.69, 9.17) is 5.11 Å². The molecule has 56 valence electrons. The molecule has 0 saturated carbocycles. The standard InChI is InChI=1S/C5H10N4O/c1-2-5(10)3-9-7-4-6-8-9/h4-5,10H,2-3H2,1H3. The van der Waals surface area contributed by atoms with Crippen LogP contribution in [0.15, 0.2) is 6.33 Å². The van der Waals surface area contributed by atoms with Crippen molar-refractivity contribution in [2.75, 3.05) is 0 Å². The molecule has 0 amide bonds. The van der Waals surface area contributed by atoms with Crippen molar-refractivity contribution in [3.8, 4) is 0 Å². The van der Waals surface area contributed by atoms with Crippen molar-refractivity contribution >= 4 is 0 Å². The molecule has 1 atom stereocenters. The van der Waals surface area contributed by atoms with Crippen molar-refractivity contribution in [1.82, 2.24) is 20.2 Å². The van der Waals surface area contributed by atoms with E-state index in [1.807, 2.05) is 6.92 Å². The highest BCUT2D eigenvalue weighted by Crippen LogP contribution is 1.90. The van der Waals surface area contributed by atoms with Crippen LogP contribution in [0, 0.1) is 0 Å². The van der Waals surface area contributed by atoms with Gasteiger partial charge in [0.1, 0.15) is 0 Å². The summed E-state index contributed by atoms with van der Waals surface area (Å²) in [5.74, 6) is 0. The molecule has 0 fully saturated rings. The summed E-state index contributed by atoms with van der Waals surface area (Å²) < 4.78 is 0. The smallest absolute Gasteiger partial charge is 0.162 e. The van der Waals surface area contributed by atoms with E-state index in [2.05, 4.69) is 15.4 Å². The van der Waals surface area contributed by atoms with Crippen LogP contribution in [0.1, 0.15) is 13.3 Å². The number of aliphatic hydroxyl groups is 1. The first-order valence-corrected chi connectivity index (χ1v) is 3.21. The van der Waals surface area contributed by atoms with Crippen molar-refractivity contribution in [3.05, 3.63) is 6.33 Å². The zero-order valence-corrected chi connectivity index (χ0v) is 5.80. The van der Waals surface area contributed by atoms with E-state index in [1.54, 1.807) is 0 Å². The van der Waals surface area contributed by atoms with Crippen molar-refractivity contribution in [2.24, 2.45) is 0 Å². The van der Waals surface area contributed by atoms with Crippen molar-refractivity contribution in [1.29, 1.82) is 0 Å². The van der Waals surface area contributed by atoms with Gasteiger partial charge in [-0.25, -0.2) is 0 Å². The van der Waals surface area contributed by atoms with Gasteiger partial charge in [-0.05, 0) is 11.6 Å². The molecule has 0 aliphatic rings. The molecule has 0 spiro atoms. The van der Waals surface area contributed by atoms with Crippen LogP contribution >= 0.6 is 0 Å². The zero-order chi connectivity index (χ0) is 7.40. The first-order chi connectivity index (χ1) is 4.83. The Bertz CT molecular complexity index is 174. The predicted octanol–water partition coefficient (Wildman–Crippen LogP) is -0.556. The van der Waals surface area contributed by atoms with Crippen LogP contribution in [0.3, 0.4) is 0 Å². The molecule has 0 bridgehead atoms. The molecule has 1 unspecified atom stereocenters. The highest BCUT2D eigenvalue weighted by molar-refractivity contribution is 4.49. The lowest BCUT2D eigenvalue weighted by atomic mass is 10.3. The van der Waals surface area contributed by atoms with Crippen LogP contribution in [-0.2, 0) is 6.54 Å². The number of rotatable bonds is 3. The highest BCUT2D eigenvalue weighted by atomic mass is 16.3. The van der Waals surface area contributed by atoms with E-state index in [0.29, 0.717) is 13.0 Å². The Labute approximate surface area is 58.7 Å². The van der Waals surface area contributed by atoms with Crippen molar-refractivity contribution in [3.63, 3.8) is 0 Å². The lowest BCUT2D eigenvalue weighted by Gasteiger charge is -2.03. The third-order valence-corrected chi connectivity index (χ3v) is 1.24. The van der Waals surface area contributed by atoms with Gasteiger partial charge in [0, 0.05) is 0 Å². The van der Waals surface area contributed by atoms with Crippen molar-refractivity contribution in [2.45, 2.75) is 26.0 Å². The number of aliphatic hydroxyl groups excluding tert-OH is 1. The number of aromatic nitrogens is 4. The second-order valence-electron chi connectivity index (χ2n) is 2.05. The van der Waals surface area contributed by atoms with E-state index in [9.17, 15) is 0 Å². The molecule has 1 rings (SSSR count). The van der Waals surface area contributed by atoms with E-state index in [0.717, 1.165) is 0 Å². The normalized spacial score (nSPS) is 13.4. The predicted molar refractivity (Wildman–Crippen MR) is 34.1 cm³/mol. The third-order valence-electron chi connectivity index (χ3n) is 1.24. The minimum Gasteiger partial charge on any atom is -0.391 e. The summed E-state index contributed by atoms with van der Waals surface area (Å²) >= 11 is 0. The monoisotopic (exact) mass is 142 g/mol. The molecular weight excluding hydrogens is 132 g/mol. The Hall–Kier alpha value is -0.970. The molecule has 5 heteroatoms. The minimum atomic E-state index is -0.366. The maximum absolute atomic E-state index is 9.10. The summed E-state index contributed by atoms with van der Waals surface area (Å²) in [6.07, 6.45) is 1.69. The van der Waals surface area contributed by atoms with Crippen LogP contribution in [0.25, 0.3) is 0 Å². The Morgan fingerprint density at radius 3 is 3.00 bits per heavy atom. The average molecular weight is 142 g/mol. The first-order valence-electron chi connectivity index (χ1n) is 3.21. The molecule has 0 saturated heterocycles. The summed E-state index contributed by atoms with van der Waals surface area (Å²) in [6, 6.07) is 0. The Balaban J connectivity index is 2.40. The molecule has 1 heterocycles. The van der Waals surface area contributed by atoms with E-state index < -0.39 is 0 Å². The van der Waals surface area contributed by atoms with Gasteiger partial charge in [-0.15, -0.1) is 10.2 Å². The topological polar surface area (TPSA) is 63.8 Å². The van der Waals surface area contributed by atoms with Gasteiger partial charge in [0.05, 0.1) is 12.6 Å². The van der Waals surface area contributed by atoms with Crippen molar-refractivity contribution < 1.29 is 5.11 Å². The summed E-state index contributed by atoms with van der Waals surface area (Å²) in [6.45, 7) is 2.33. The summed E-state index contributed by atoms with van der Waals surface area (Å²) in [5, 5.41) is 19.9. The summed E-state index contributed by atoms with van der Waals surface area (Å²) in [4.78, 5) is 1.37. The van der Waals surface area contributed by atoms with Gasteiger partial charge < -0.3 is 5.11 Å². The van der Waals surface area contributed by atoms with Gasteiger partial charge in [-0.1, -0.05) is 6.92 Å². The fourth-order valence-corrected chi connectivity index (χ4v) is 0.590. The lowest BCUT2D eigenvalue weighted by Crippen LogP contribution is -2.16. The first kappa shape index (κ1) is 7.14. The second-order valence-corrected chi connectivity index (χ2v) is 2.05. The van der Waals surface area contributed by atoms with E-state index in [-0.39, 0.29) is 6.10 Å². The van der Waals surface area contributed by atoms with Crippen LogP contribution in [0.2, 0.25) is 0 Å². The quantitative estimate of drug-likeness (QED) is 0.614. The van der Waals surface area contributed by atoms with E-state index in [1.165, 1.54) is 11.1 Å². The Morgan fingerprint density at radius 2 is 2.50 bits per heavy atom. The zero-order valence-electron chi connectivity index (χ0n) is 5.80. The molecule has 1 aromatic heterocycles. The fourth-order valence-electron chi connectivity index (χ4n) is 0.590. The van der Waals surface area contributed by atoms with Gasteiger partial charge in [0.15, 0.2) is 6.33 Å². The molecule has 0 aliphatic heterocycles. The van der Waals surface area contributed by atoms with Gasteiger partial charge in [0.2, 0.25) is 0 Å². The number of hydrogen-bond acceptors (Lipinski definition) is 4. The fraction of sp³-hybridized carbons (Fsp3) is 0.800. The van der Waals surface area contributed by atoms with Gasteiger partial charge in [-0.3, -0.25) is 0 Å². The van der Waals surface area contributed by atoms with Gasteiger partial charge >= 0.3 is 0 Å². The second kappa shape index (κ2) is 3.26. The van der Waals surface area contributed by atoms with Crippen LogP contribution < -0.4 is 0 Å². The number of nitrogens with zero attached hydrogens (tertiary/aromatic N) is 4. The number of tetrazole rings is 1. The van der Waals surface area contributed by atoms with E-state index >= 15 is 0 Å². The van der Waals surface area contributed by atoms with Crippen LogP contribution in [0.5, 0.6) is 0 Å². The third kappa shape index (κ3) is 1.77. The summed E-state index contributed by atoms with van der Waals surface area (Å²) in [7, 11) is 0. The maximum Gasteiger partial charge on any atom is 0.162 e. The maximum atomic E-state index is 9.10. The lowest BCUT2D eigenvalue weighted by molar-refractivity contribution is 0.138. The average Bonchev–Trinajstić information content (AvgIpc) is 2.40. The van der Waals surface area contributed by atoms with Gasteiger partial charge in [-0.2, -0.15) is 4.80 Å². The molecule has 0 aliphatic carbocycles. The largest absolute Gasteiger partial charge is 0.391 e. The molecule has 1 aromatic rings. The Morgan fingerprint density at radius 1 is 1.70 bits per heavy atom. The molecule has 1 N–H and O–H groups in total. The molecule has 10 heavy (non-hydrogen) atoms. The molecular formula is C5H10N4O. The van der Waals surface area contributed by atoms with Crippen LogP contribution in [0.4, 0.5) is 0 Å². The minimum absolute atomic E-state index is 0.366. The Kier molecular flexibility index (Phi) is 2.33. The van der Waals surface area contributed by atoms with Gasteiger partial charge in [0.25, 0.3) is 0 Å². The summed E-state index contributed by atoms with van der Waals surface area (Å²) in [5.41, 5.74) is 0.